The Labute approximate surface area is 127 Å². The quantitative estimate of drug-likeness (QED) is 0.665. The van der Waals surface area contributed by atoms with Crippen molar-refractivity contribution < 1.29 is 0 Å². The van der Waals surface area contributed by atoms with Gasteiger partial charge in [-0.15, -0.1) is 0 Å². The number of rotatable bonds is 10. The third kappa shape index (κ3) is 5.71. The summed E-state index contributed by atoms with van der Waals surface area (Å²) >= 11 is 0. The van der Waals surface area contributed by atoms with Crippen LogP contribution in [-0.4, -0.2) is 62.2 Å². The molecule has 20 heavy (non-hydrogen) atoms. The summed E-state index contributed by atoms with van der Waals surface area (Å²) in [6.45, 7) is 11.9. The average molecular weight is 284 g/mol. The highest BCUT2D eigenvalue weighted by Gasteiger charge is 2.27. The van der Waals surface area contributed by atoms with Crippen molar-refractivity contribution in [2.45, 2.75) is 65.0 Å². The molecular formula is C17H37N3. The van der Waals surface area contributed by atoms with Crippen LogP contribution in [0.25, 0.3) is 0 Å². The second-order valence-electron chi connectivity index (χ2n) is 6.68. The van der Waals surface area contributed by atoms with Crippen LogP contribution in [0.2, 0.25) is 0 Å². The number of nitrogens with zero attached hydrogens (tertiary/aromatic N) is 2. The first-order chi connectivity index (χ1) is 9.62. The molecule has 0 aromatic rings. The van der Waals surface area contributed by atoms with Gasteiger partial charge in [-0.05, 0) is 58.8 Å². The zero-order valence-corrected chi connectivity index (χ0v) is 14.5. The topological polar surface area (TPSA) is 18.5 Å². The molecule has 1 N–H and O–H groups in total. The third-order valence-electron chi connectivity index (χ3n) is 4.74. The molecule has 0 spiro atoms. The van der Waals surface area contributed by atoms with Crippen LogP contribution in [0.4, 0.5) is 0 Å². The van der Waals surface area contributed by atoms with Crippen LogP contribution in [0.1, 0.15) is 52.9 Å². The van der Waals surface area contributed by atoms with Crippen molar-refractivity contribution in [2.24, 2.45) is 5.92 Å². The van der Waals surface area contributed by atoms with Gasteiger partial charge in [0.15, 0.2) is 0 Å². The molecule has 0 saturated carbocycles. The van der Waals surface area contributed by atoms with Crippen LogP contribution >= 0.6 is 0 Å². The zero-order valence-electron chi connectivity index (χ0n) is 14.5. The summed E-state index contributed by atoms with van der Waals surface area (Å²) in [5, 5.41) is 3.78. The van der Waals surface area contributed by atoms with E-state index in [0.717, 1.165) is 12.5 Å². The summed E-state index contributed by atoms with van der Waals surface area (Å²) < 4.78 is 0. The molecule has 3 heteroatoms. The van der Waals surface area contributed by atoms with Gasteiger partial charge in [-0.2, -0.15) is 0 Å². The largest absolute Gasteiger partial charge is 0.312 e. The predicted octanol–water partition coefficient (Wildman–Crippen LogP) is 2.82. The van der Waals surface area contributed by atoms with Crippen molar-refractivity contribution in [3.63, 3.8) is 0 Å². The second kappa shape index (κ2) is 9.75. The van der Waals surface area contributed by atoms with Crippen LogP contribution in [0.15, 0.2) is 0 Å². The SMILES string of the molecule is CCCNC(CCC)C(CC)N(C)CC1CCN(C)C1. The van der Waals surface area contributed by atoms with Gasteiger partial charge in [-0.1, -0.05) is 27.2 Å². The van der Waals surface area contributed by atoms with E-state index in [-0.39, 0.29) is 0 Å². The van der Waals surface area contributed by atoms with E-state index in [2.05, 4.69) is 50.0 Å². The molecule has 1 heterocycles. The molecule has 0 bridgehead atoms. The van der Waals surface area contributed by atoms with Crippen molar-refractivity contribution in [3.8, 4) is 0 Å². The Bertz CT molecular complexity index is 244. The molecule has 3 atom stereocenters. The lowest BCUT2D eigenvalue weighted by molar-refractivity contribution is 0.157. The third-order valence-corrected chi connectivity index (χ3v) is 4.74. The number of hydrogen-bond acceptors (Lipinski definition) is 3. The molecule has 1 aliphatic rings. The van der Waals surface area contributed by atoms with Gasteiger partial charge >= 0.3 is 0 Å². The van der Waals surface area contributed by atoms with Gasteiger partial charge in [-0.3, -0.25) is 0 Å². The molecular weight excluding hydrogens is 246 g/mol. The predicted molar refractivity (Wildman–Crippen MR) is 89.3 cm³/mol. The van der Waals surface area contributed by atoms with Gasteiger partial charge < -0.3 is 15.1 Å². The van der Waals surface area contributed by atoms with E-state index in [9.17, 15) is 0 Å². The van der Waals surface area contributed by atoms with Gasteiger partial charge in [0.25, 0.3) is 0 Å². The Morgan fingerprint density at radius 2 is 2.00 bits per heavy atom. The Balaban J connectivity index is 2.51. The van der Waals surface area contributed by atoms with Crippen molar-refractivity contribution in [3.05, 3.63) is 0 Å². The van der Waals surface area contributed by atoms with Crippen LogP contribution in [-0.2, 0) is 0 Å². The summed E-state index contributed by atoms with van der Waals surface area (Å²) in [7, 11) is 4.59. The van der Waals surface area contributed by atoms with E-state index >= 15 is 0 Å². The lowest BCUT2D eigenvalue weighted by Gasteiger charge is -2.36. The number of hydrogen-bond donors (Lipinski definition) is 1. The summed E-state index contributed by atoms with van der Waals surface area (Å²) in [6, 6.07) is 1.35. The highest BCUT2D eigenvalue weighted by Crippen LogP contribution is 2.19. The normalized spacial score (nSPS) is 23.4. The highest BCUT2D eigenvalue weighted by atomic mass is 15.2. The standard InChI is InChI=1S/C17H37N3/c1-6-9-16(18-11-7-2)17(8-3)20(5)14-15-10-12-19(4)13-15/h15-18H,6-14H2,1-5H3. The van der Waals surface area contributed by atoms with Crippen LogP contribution < -0.4 is 5.32 Å². The minimum atomic E-state index is 0.661. The molecule has 0 aromatic carbocycles. The van der Waals surface area contributed by atoms with Crippen LogP contribution in [0, 0.1) is 5.92 Å². The van der Waals surface area contributed by atoms with E-state index < -0.39 is 0 Å². The maximum atomic E-state index is 3.78. The first kappa shape index (κ1) is 17.9. The van der Waals surface area contributed by atoms with Gasteiger partial charge in [-0.25, -0.2) is 0 Å². The van der Waals surface area contributed by atoms with Crippen molar-refractivity contribution in [1.82, 2.24) is 15.1 Å². The highest BCUT2D eigenvalue weighted by molar-refractivity contribution is 4.85. The second-order valence-corrected chi connectivity index (χ2v) is 6.68. The number of likely N-dealkylation sites (N-methyl/N-ethyl adjacent to an activating group) is 1. The fraction of sp³-hybridized carbons (Fsp3) is 1.00. The summed E-state index contributed by atoms with van der Waals surface area (Å²) in [5.74, 6) is 0.868. The average Bonchev–Trinajstić information content (AvgIpc) is 2.82. The van der Waals surface area contributed by atoms with Crippen molar-refractivity contribution >= 4 is 0 Å². The molecule has 0 aromatic heterocycles. The molecule has 1 fully saturated rings. The molecule has 0 radical (unpaired) electrons. The van der Waals surface area contributed by atoms with E-state index in [1.165, 1.54) is 51.7 Å². The van der Waals surface area contributed by atoms with Crippen LogP contribution in [0.5, 0.6) is 0 Å². The van der Waals surface area contributed by atoms with E-state index in [4.69, 9.17) is 0 Å². The van der Waals surface area contributed by atoms with Gasteiger partial charge in [0.1, 0.15) is 0 Å². The first-order valence-corrected chi connectivity index (χ1v) is 8.74. The van der Waals surface area contributed by atoms with Crippen molar-refractivity contribution in [2.75, 3.05) is 40.3 Å². The minimum Gasteiger partial charge on any atom is -0.312 e. The smallest absolute Gasteiger partial charge is 0.0243 e. The molecule has 3 unspecified atom stereocenters. The molecule has 0 aliphatic carbocycles. The fourth-order valence-corrected chi connectivity index (χ4v) is 3.69. The maximum absolute atomic E-state index is 3.78. The molecule has 3 nitrogen and oxygen atoms in total. The minimum absolute atomic E-state index is 0.661. The molecule has 0 amide bonds. The molecule has 1 rings (SSSR count). The lowest BCUT2D eigenvalue weighted by atomic mass is 9.97. The van der Waals surface area contributed by atoms with Gasteiger partial charge in [0, 0.05) is 25.2 Å². The Kier molecular flexibility index (Phi) is 8.74. The summed E-state index contributed by atoms with van der Waals surface area (Å²) in [4.78, 5) is 5.10. The zero-order chi connectivity index (χ0) is 15.0. The van der Waals surface area contributed by atoms with E-state index in [1.54, 1.807) is 0 Å². The molecule has 1 aliphatic heterocycles. The number of likely N-dealkylation sites (tertiary alicyclic amines) is 1. The monoisotopic (exact) mass is 283 g/mol. The van der Waals surface area contributed by atoms with Crippen molar-refractivity contribution in [1.29, 1.82) is 0 Å². The first-order valence-electron chi connectivity index (χ1n) is 8.74. The Morgan fingerprint density at radius 1 is 1.25 bits per heavy atom. The lowest BCUT2D eigenvalue weighted by Crippen LogP contribution is -2.50. The van der Waals surface area contributed by atoms with E-state index in [1.807, 2.05) is 0 Å². The summed E-state index contributed by atoms with van der Waals surface area (Å²) in [5.41, 5.74) is 0. The van der Waals surface area contributed by atoms with Gasteiger partial charge in [0.2, 0.25) is 0 Å². The number of nitrogens with one attached hydrogen (secondary N) is 1. The molecule has 1 saturated heterocycles. The van der Waals surface area contributed by atoms with E-state index in [0.29, 0.717) is 12.1 Å². The Hall–Kier alpha value is -0.120. The molecule has 120 valence electrons. The maximum Gasteiger partial charge on any atom is 0.0243 e. The fourth-order valence-electron chi connectivity index (χ4n) is 3.69. The van der Waals surface area contributed by atoms with Crippen LogP contribution in [0.3, 0.4) is 0 Å². The Morgan fingerprint density at radius 3 is 2.50 bits per heavy atom. The summed E-state index contributed by atoms with van der Waals surface area (Å²) in [6.07, 6.45) is 6.43. The van der Waals surface area contributed by atoms with Gasteiger partial charge in [0.05, 0.1) is 0 Å².